The zero-order chi connectivity index (χ0) is 20.9. The van der Waals surface area contributed by atoms with Gasteiger partial charge >= 0.3 is 0 Å². The molecule has 0 unspecified atom stereocenters. The van der Waals surface area contributed by atoms with Crippen LogP contribution in [0.1, 0.15) is 35.7 Å². The van der Waals surface area contributed by atoms with E-state index in [0.717, 1.165) is 11.3 Å². The first-order valence-corrected chi connectivity index (χ1v) is 10.7. The molecule has 4 rings (SSSR count). The zero-order valence-electron chi connectivity index (χ0n) is 16.8. The molecular formula is C25H22N2O2S. The summed E-state index contributed by atoms with van der Waals surface area (Å²) >= 11 is 1.40. The van der Waals surface area contributed by atoms with Gasteiger partial charge in [-0.3, -0.25) is 10.1 Å². The third-order valence-electron chi connectivity index (χ3n) is 4.70. The number of amides is 1. The van der Waals surface area contributed by atoms with Gasteiger partial charge in [0.1, 0.15) is 11.5 Å². The molecule has 0 bridgehead atoms. The quantitative estimate of drug-likeness (QED) is 0.370. The maximum Gasteiger partial charge on any atom is 0.261 e. The van der Waals surface area contributed by atoms with Crippen LogP contribution in [-0.4, -0.2) is 10.9 Å². The molecule has 1 amide bonds. The largest absolute Gasteiger partial charge is 0.457 e. The van der Waals surface area contributed by atoms with Crippen molar-refractivity contribution in [3.8, 4) is 22.8 Å². The number of anilines is 1. The Morgan fingerprint density at radius 3 is 2.37 bits per heavy atom. The molecule has 3 aromatic carbocycles. The molecule has 0 aliphatic heterocycles. The van der Waals surface area contributed by atoms with E-state index in [1.807, 2.05) is 47.8 Å². The molecule has 0 aliphatic rings. The maximum atomic E-state index is 12.9. The summed E-state index contributed by atoms with van der Waals surface area (Å²) in [5.41, 5.74) is 3.63. The van der Waals surface area contributed by atoms with Gasteiger partial charge in [-0.15, -0.1) is 11.3 Å². The van der Waals surface area contributed by atoms with Gasteiger partial charge in [-0.1, -0.05) is 68.4 Å². The molecule has 0 saturated heterocycles. The van der Waals surface area contributed by atoms with E-state index in [2.05, 4.69) is 48.4 Å². The fourth-order valence-corrected chi connectivity index (χ4v) is 3.74. The minimum Gasteiger partial charge on any atom is -0.457 e. The van der Waals surface area contributed by atoms with E-state index < -0.39 is 0 Å². The van der Waals surface area contributed by atoms with Crippen molar-refractivity contribution >= 4 is 22.4 Å². The number of benzene rings is 3. The van der Waals surface area contributed by atoms with Crippen LogP contribution in [0.3, 0.4) is 0 Å². The Hall–Kier alpha value is -3.44. The van der Waals surface area contributed by atoms with E-state index in [0.29, 0.717) is 28.1 Å². The van der Waals surface area contributed by atoms with E-state index in [1.54, 1.807) is 12.1 Å². The number of carbonyl (C=O) groups excluding carboxylic acids is 1. The first-order chi connectivity index (χ1) is 14.6. The average Bonchev–Trinajstić information content (AvgIpc) is 3.23. The molecule has 0 atom stereocenters. The lowest BCUT2D eigenvalue weighted by atomic mass is 10.0. The highest BCUT2D eigenvalue weighted by atomic mass is 32.1. The van der Waals surface area contributed by atoms with Gasteiger partial charge in [0, 0.05) is 10.9 Å². The monoisotopic (exact) mass is 414 g/mol. The highest BCUT2D eigenvalue weighted by Crippen LogP contribution is 2.29. The summed E-state index contributed by atoms with van der Waals surface area (Å²) in [5.74, 6) is 1.42. The van der Waals surface area contributed by atoms with Crippen molar-refractivity contribution in [1.82, 2.24) is 4.98 Å². The number of hydrogen-bond donors (Lipinski definition) is 1. The van der Waals surface area contributed by atoms with Gasteiger partial charge in [-0.2, -0.15) is 0 Å². The molecular weight excluding hydrogens is 392 g/mol. The van der Waals surface area contributed by atoms with Gasteiger partial charge in [0.2, 0.25) is 0 Å². The smallest absolute Gasteiger partial charge is 0.261 e. The van der Waals surface area contributed by atoms with Crippen molar-refractivity contribution in [2.24, 2.45) is 0 Å². The van der Waals surface area contributed by atoms with Crippen molar-refractivity contribution in [3.63, 3.8) is 0 Å². The number of nitrogens with one attached hydrogen (secondary N) is 1. The van der Waals surface area contributed by atoms with Gasteiger partial charge in [-0.05, 0) is 35.7 Å². The predicted molar refractivity (Wildman–Crippen MR) is 123 cm³/mol. The van der Waals surface area contributed by atoms with Crippen LogP contribution >= 0.6 is 11.3 Å². The molecule has 1 N–H and O–H groups in total. The minimum atomic E-state index is -0.252. The third-order valence-corrected chi connectivity index (χ3v) is 5.46. The molecule has 1 heterocycles. The lowest BCUT2D eigenvalue weighted by Crippen LogP contribution is -2.12. The van der Waals surface area contributed by atoms with E-state index in [1.165, 1.54) is 16.9 Å². The summed E-state index contributed by atoms with van der Waals surface area (Å²) in [6, 6.07) is 25.0. The zero-order valence-corrected chi connectivity index (χ0v) is 17.6. The number of rotatable bonds is 6. The first kappa shape index (κ1) is 19.9. The van der Waals surface area contributed by atoms with Gasteiger partial charge in [0.05, 0.1) is 11.3 Å². The number of carbonyl (C=O) groups is 1. The Bertz CT molecular complexity index is 1140. The highest BCUT2D eigenvalue weighted by molar-refractivity contribution is 7.14. The van der Waals surface area contributed by atoms with Gasteiger partial charge in [0.25, 0.3) is 5.91 Å². The summed E-state index contributed by atoms with van der Waals surface area (Å²) in [7, 11) is 0. The van der Waals surface area contributed by atoms with Gasteiger partial charge < -0.3 is 4.74 Å². The number of thiazole rings is 1. The van der Waals surface area contributed by atoms with Crippen LogP contribution in [-0.2, 0) is 0 Å². The summed E-state index contributed by atoms with van der Waals surface area (Å²) in [5, 5.41) is 5.40. The second-order valence-electron chi connectivity index (χ2n) is 7.18. The van der Waals surface area contributed by atoms with Crippen molar-refractivity contribution in [1.29, 1.82) is 0 Å². The molecule has 5 heteroatoms. The second kappa shape index (κ2) is 8.93. The highest BCUT2D eigenvalue weighted by Gasteiger charge is 2.15. The Kier molecular flexibility index (Phi) is 5.91. The van der Waals surface area contributed by atoms with E-state index in [4.69, 9.17) is 4.74 Å². The number of hydrogen-bond acceptors (Lipinski definition) is 4. The molecule has 4 aromatic rings. The number of aromatic nitrogens is 1. The van der Waals surface area contributed by atoms with Crippen LogP contribution < -0.4 is 10.1 Å². The van der Waals surface area contributed by atoms with Crippen LogP contribution in [0.15, 0.2) is 84.2 Å². The van der Waals surface area contributed by atoms with Crippen LogP contribution in [0.2, 0.25) is 0 Å². The van der Waals surface area contributed by atoms with Crippen molar-refractivity contribution < 1.29 is 9.53 Å². The Morgan fingerprint density at radius 2 is 1.63 bits per heavy atom. The Labute approximate surface area is 180 Å². The molecule has 1 aromatic heterocycles. The standard InChI is InChI=1S/C25H22N2O2S/c1-17(2)18-12-14-19(15-13-18)22-16-30-25(26-22)27-24(28)21-10-6-7-11-23(21)29-20-8-4-3-5-9-20/h3-17H,1-2H3,(H,26,27,28). The molecule has 0 saturated carbocycles. The van der Waals surface area contributed by atoms with Crippen molar-refractivity contribution in [2.45, 2.75) is 19.8 Å². The number of nitrogens with zero attached hydrogens (tertiary/aromatic N) is 1. The summed E-state index contributed by atoms with van der Waals surface area (Å²) in [4.78, 5) is 17.4. The van der Waals surface area contributed by atoms with Crippen LogP contribution in [0.25, 0.3) is 11.3 Å². The second-order valence-corrected chi connectivity index (χ2v) is 8.04. The van der Waals surface area contributed by atoms with Crippen LogP contribution in [0.5, 0.6) is 11.5 Å². The maximum absolute atomic E-state index is 12.9. The summed E-state index contributed by atoms with van der Waals surface area (Å²) < 4.78 is 5.90. The first-order valence-electron chi connectivity index (χ1n) is 9.79. The van der Waals surface area contributed by atoms with E-state index in [9.17, 15) is 4.79 Å². The number of ether oxygens (including phenoxy) is 1. The molecule has 0 spiro atoms. The Morgan fingerprint density at radius 1 is 0.933 bits per heavy atom. The number of para-hydroxylation sites is 2. The minimum absolute atomic E-state index is 0.252. The lowest BCUT2D eigenvalue weighted by molar-refractivity contribution is 0.102. The predicted octanol–water partition coefficient (Wildman–Crippen LogP) is 6.98. The Balaban J connectivity index is 1.50. The molecule has 0 fully saturated rings. The van der Waals surface area contributed by atoms with Crippen LogP contribution in [0, 0.1) is 0 Å². The fraction of sp³-hybridized carbons (Fsp3) is 0.120. The normalized spacial score (nSPS) is 10.8. The van der Waals surface area contributed by atoms with Crippen LogP contribution in [0.4, 0.5) is 5.13 Å². The fourth-order valence-electron chi connectivity index (χ4n) is 3.03. The molecule has 4 nitrogen and oxygen atoms in total. The van der Waals surface area contributed by atoms with E-state index >= 15 is 0 Å². The molecule has 0 radical (unpaired) electrons. The lowest BCUT2D eigenvalue weighted by Gasteiger charge is -2.10. The topological polar surface area (TPSA) is 51.2 Å². The molecule has 30 heavy (non-hydrogen) atoms. The van der Waals surface area contributed by atoms with E-state index in [-0.39, 0.29) is 5.91 Å². The SMILES string of the molecule is CC(C)c1ccc(-c2csc(NC(=O)c3ccccc3Oc3ccccc3)n2)cc1. The average molecular weight is 415 g/mol. The molecule has 0 aliphatic carbocycles. The van der Waals surface area contributed by atoms with Gasteiger partial charge in [-0.25, -0.2) is 4.98 Å². The molecule has 150 valence electrons. The van der Waals surface area contributed by atoms with Crippen molar-refractivity contribution in [2.75, 3.05) is 5.32 Å². The van der Waals surface area contributed by atoms with Gasteiger partial charge in [0.15, 0.2) is 5.13 Å². The summed E-state index contributed by atoms with van der Waals surface area (Å²) in [6.07, 6.45) is 0. The van der Waals surface area contributed by atoms with Crippen molar-refractivity contribution in [3.05, 3.63) is 95.4 Å². The third kappa shape index (κ3) is 4.58. The summed E-state index contributed by atoms with van der Waals surface area (Å²) in [6.45, 7) is 4.34.